The monoisotopic (exact) mass is 1380 g/mol. The molecular weight excluding hydrogens is 1300 g/mol. The van der Waals surface area contributed by atoms with E-state index < -0.39 is 23.3 Å². The maximum atomic E-state index is 12.6. The molecule has 8 N–H and O–H groups in total. The number of hydrogen-bond donors (Lipinski definition) is 8. The van der Waals surface area contributed by atoms with E-state index >= 15 is 0 Å². The van der Waals surface area contributed by atoms with Crippen LogP contribution in [0.2, 0.25) is 0 Å². The van der Waals surface area contributed by atoms with E-state index in [2.05, 4.69) is 66.2 Å². The molecule has 10 aromatic rings. The zero-order valence-electron chi connectivity index (χ0n) is 57.7. The predicted octanol–water partition coefficient (Wildman–Crippen LogP) is 10.8. The van der Waals surface area contributed by atoms with E-state index in [1.165, 1.54) is 25.6 Å². The summed E-state index contributed by atoms with van der Waals surface area (Å²) in [5.41, 5.74) is 6.73. The molecule has 0 atom stereocenters. The zero-order valence-corrected chi connectivity index (χ0v) is 57.7. The van der Waals surface area contributed by atoms with Gasteiger partial charge in [-0.05, 0) is 171 Å². The fourth-order valence-corrected chi connectivity index (χ4v) is 8.94. The summed E-state index contributed by atoms with van der Waals surface area (Å²) in [6, 6.07) is 35.0. The number of carbonyl (C=O) groups is 3. The topological polar surface area (TPSA) is 381 Å². The average molecular weight is 1380 g/mol. The van der Waals surface area contributed by atoms with Crippen molar-refractivity contribution >= 4 is 35.1 Å². The summed E-state index contributed by atoms with van der Waals surface area (Å²) < 4.78 is 48.5. The smallest absolute Gasteiger partial charge is 0.339 e. The number of benzene rings is 4. The van der Waals surface area contributed by atoms with Gasteiger partial charge in [0, 0.05) is 107 Å². The number of rotatable bonds is 27. The van der Waals surface area contributed by atoms with Crippen molar-refractivity contribution in [2.24, 2.45) is 0 Å². The van der Waals surface area contributed by atoms with Crippen molar-refractivity contribution in [3.05, 3.63) is 198 Å². The van der Waals surface area contributed by atoms with Crippen LogP contribution in [0.1, 0.15) is 109 Å². The van der Waals surface area contributed by atoms with Crippen molar-refractivity contribution in [3.8, 4) is 80.2 Å². The van der Waals surface area contributed by atoms with Crippen LogP contribution < -0.4 is 49.7 Å². The van der Waals surface area contributed by atoms with Crippen LogP contribution in [0.4, 0.5) is 5.69 Å². The number of hydrogen-bond acceptors (Lipinski definition) is 26. The second-order valence-corrected chi connectivity index (χ2v) is 21.7. The van der Waals surface area contributed by atoms with Gasteiger partial charge < -0.3 is 73.7 Å². The Bertz CT molecular complexity index is 4360. The summed E-state index contributed by atoms with van der Waals surface area (Å²) in [4.78, 5) is 61.7. The summed E-state index contributed by atoms with van der Waals surface area (Å²) in [6.45, 7) is 18.2. The second kappa shape index (κ2) is 38.8. The van der Waals surface area contributed by atoms with Gasteiger partial charge in [-0.2, -0.15) is 9.97 Å². The number of carbonyl (C=O) groups excluding carboxylic acids is 3. The second-order valence-electron chi connectivity index (χ2n) is 21.7. The normalized spacial score (nSPS) is 10.6. The van der Waals surface area contributed by atoms with Crippen LogP contribution in [0.5, 0.6) is 34.5 Å². The van der Waals surface area contributed by atoms with E-state index in [4.69, 9.17) is 48.3 Å². The number of aromatic nitrogens is 8. The standard InChI is InChI=1S/C22H30N4O4.C19H21N3O5.C18H19N3O4.C14H12N4O/c1-5-29-18-8-7-16(12-19(18)30-6-2)21(28)26-20(23)15-9-10-24-17(11-15)13-25-22(3,4)14-27;1-4-26-15-7-6-12(9-16(15)27-5-2)18(23)22-17(20)13-8-14(11-21-10-13)19(24)25-3;1-3-23-15-6-5-13(10-16(15)24-4-2)18-20-17(21-25-18)12-7-8-19-14(9-12)11-22;1-15-12-4-2-3-11(9-12)14-17-13(18-19-14)10-5-7-16-8-6-10/h7-12,25,27H,5-6,13-14H2,1-4H3,(H2,23,26,28);6-11H,4-5H2,1-3H3,(H2,20,22,23);5-10,22H,3-4,11H2,1-2H3;2-9,15H,1H3. The summed E-state index contributed by atoms with van der Waals surface area (Å²) in [5, 5.41) is 54.2. The van der Waals surface area contributed by atoms with Crippen LogP contribution in [-0.4, -0.2) is 146 Å². The quantitative estimate of drug-likeness (QED) is 0.0135. The number of aliphatic hydroxyl groups excluding tert-OH is 2. The van der Waals surface area contributed by atoms with E-state index in [0.29, 0.717) is 132 Å². The Hall–Kier alpha value is -12.0. The summed E-state index contributed by atoms with van der Waals surface area (Å²) >= 11 is 0. The van der Waals surface area contributed by atoms with Crippen molar-refractivity contribution in [2.45, 2.75) is 74.1 Å². The zero-order chi connectivity index (χ0) is 72.7. The lowest BCUT2D eigenvalue weighted by Gasteiger charge is -2.23. The number of amidine groups is 2. The molecular formula is C73H82N14O14. The molecule has 0 aliphatic heterocycles. The molecule has 0 fully saturated rings. The molecule has 0 spiro atoms. The van der Waals surface area contributed by atoms with E-state index in [1.54, 1.807) is 85.5 Å². The first-order chi connectivity index (χ1) is 48.9. The lowest BCUT2D eigenvalue weighted by Crippen LogP contribution is -2.42. The molecule has 2 amide bonds. The number of methoxy groups -OCH3 is 1. The third-order valence-corrected chi connectivity index (χ3v) is 14.0. The third kappa shape index (κ3) is 22.5. The van der Waals surface area contributed by atoms with Gasteiger partial charge in [-0.3, -0.25) is 40.3 Å². The number of anilines is 1. The number of nitrogens with one attached hydrogen (secondary N) is 6. The molecule has 6 aromatic heterocycles. The van der Waals surface area contributed by atoms with Gasteiger partial charge in [-0.15, -0.1) is 0 Å². The number of ether oxygens (including phenoxy) is 7. The van der Waals surface area contributed by atoms with E-state index in [-0.39, 0.29) is 36.0 Å². The molecule has 0 unspecified atom stereocenters. The molecule has 4 aromatic carbocycles. The van der Waals surface area contributed by atoms with Crippen molar-refractivity contribution in [3.63, 3.8) is 0 Å². The van der Waals surface area contributed by atoms with Crippen LogP contribution in [0.25, 0.3) is 45.7 Å². The van der Waals surface area contributed by atoms with E-state index in [1.807, 2.05) is 117 Å². The van der Waals surface area contributed by atoms with Gasteiger partial charge in [-0.25, -0.2) is 4.79 Å². The lowest BCUT2D eigenvalue weighted by molar-refractivity contribution is 0.0599. The van der Waals surface area contributed by atoms with Crippen molar-refractivity contribution in [2.75, 3.05) is 65.7 Å². The fraction of sp³-hybridized carbons (Fsp3) is 0.274. The average Bonchev–Trinajstić information content (AvgIpc) is 1.52. The Morgan fingerprint density at radius 1 is 0.495 bits per heavy atom. The summed E-state index contributed by atoms with van der Waals surface area (Å²) in [5.74, 6) is 3.53. The highest BCUT2D eigenvalue weighted by Gasteiger charge is 2.20. The first kappa shape index (κ1) is 76.4. The molecule has 0 bridgehead atoms. The molecule has 0 radical (unpaired) electrons. The van der Waals surface area contributed by atoms with Crippen LogP contribution in [0.15, 0.2) is 168 Å². The Morgan fingerprint density at radius 2 is 0.990 bits per heavy atom. The van der Waals surface area contributed by atoms with Crippen molar-refractivity contribution in [1.29, 1.82) is 10.8 Å². The summed E-state index contributed by atoms with van der Waals surface area (Å²) in [6.07, 6.45) is 9.29. The maximum Gasteiger partial charge on any atom is 0.339 e. The fourth-order valence-electron chi connectivity index (χ4n) is 8.94. The minimum absolute atomic E-state index is 0.00954. The Labute approximate surface area is 584 Å². The Kier molecular flexibility index (Phi) is 29.3. The highest BCUT2D eigenvalue weighted by molar-refractivity contribution is 6.12. The number of nitrogens with zero attached hydrogens (tertiary/aromatic N) is 8. The molecule has 101 heavy (non-hydrogen) atoms. The summed E-state index contributed by atoms with van der Waals surface area (Å²) in [7, 11) is 3.12. The SMILES string of the molecule is CCOc1ccc(-c2nc(-c3ccnc(CO)c3)no2)cc1OCC.CCOc1ccc(C(=O)NC(=N)c2ccnc(CNC(C)(C)CO)c2)cc1OCC.CCOc1ccc(C(=O)NC(=N)c2cncc(C(=O)OC)c2)cc1OCC.CNc1cccc(-c2nc(-c3ccncc3)no2)c1. The molecule has 28 heteroatoms. The van der Waals surface area contributed by atoms with Gasteiger partial charge >= 0.3 is 5.97 Å². The van der Waals surface area contributed by atoms with Gasteiger partial charge in [-0.1, -0.05) is 16.4 Å². The highest BCUT2D eigenvalue weighted by atomic mass is 16.5. The number of aliphatic hydroxyl groups is 2. The molecule has 0 saturated heterocycles. The number of esters is 1. The Balaban J connectivity index is 0.000000191. The highest BCUT2D eigenvalue weighted by Crippen LogP contribution is 2.34. The van der Waals surface area contributed by atoms with Crippen LogP contribution in [0, 0.1) is 10.8 Å². The largest absolute Gasteiger partial charge is 0.490 e. The van der Waals surface area contributed by atoms with Gasteiger partial charge in [0.05, 0.1) is 76.9 Å². The molecule has 528 valence electrons. The van der Waals surface area contributed by atoms with E-state index in [9.17, 15) is 24.6 Å². The van der Waals surface area contributed by atoms with Gasteiger partial charge in [0.25, 0.3) is 23.6 Å². The van der Waals surface area contributed by atoms with Gasteiger partial charge in [0.1, 0.15) is 11.7 Å². The van der Waals surface area contributed by atoms with Gasteiger partial charge in [0.2, 0.25) is 11.6 Å². The van der Waals surface area contributed by atoms with Crippen LogP contribution in [0.3, 0.4) is 0 Å². The first-order valence-corrected chi connectivity index (χ1v) is 32.2. The van der Waals surface area contributed by atoms with Crippen LogP contribution >= 0.6 is 0 Å². The van der Waals surface area contributed by atoms with E-state index in [0.717, 1.165) is 27.9 Å². The molecule has 28 nitrogen and oxygen atoms in total. The van der Waals surface area contributed by atoms with Crippen molar-refractivity contribution < 1.29 is 66.8 Å². The minimum atomic E-state index is -0.573. The first-order valence-electron chi connectivity index (χ1n) is 32.2. The molecule has 0 saturated carbocycles. The Morgan fingerprint density at radius 3 is 1.53 bits per heavy atom. The third-order valence-electron chi connectivity index (χ3n) is 14.0. The molecule has 6 heterocycles. The van der Waals surface area contributed by atoms with Crippen LogP contribution in [-0.2, 0) is 17.9 Å². The predicted molar refractivity (Wildman–Crippen MR) is 378 cm³/mol. The van der Waals surface area contributed by atoms with Crippen molar-refractivity contribution in [1.82, 2.24) is 56.2 Å². The minimum Gasteiger partial charge on any atom is -0.490 e. The number of pyridine rings is 4. The van der Waals surface area contributed by atoms with Gasteiger partial charge in [0.15, 0.2) is 34.5 Å². The lowest BCUT2D eigenvalue weighted by atomic mass is 10.1. The maximum absolute atomic E-state index is 12.6. The molecule has 10 rings (SSSR count). The molecule has 0 aliphatic rings. The number of amides is 2. The molecule has 0 aliphatic carbocycles.